The molecule has 0 saturated carbocycles. The van der Waals surface area contributed by atoms with Crippen LogP contribution in [-0.2, 0) is 17.8 Å². The van der Waals surface area contributed by atoms with Crippen LogP contribution in [0.2, 0.25) is 0 Å². The van der Waals surface area contributed by atoms with E-state index in [-0.39, 0.29) is 24.2 Å². The zero-order chi connectivity index (χ0) is 27.6. The van der Waals surface area contributed by atoms with Crippen molar-refractivity contribution in [1.29, 1.82) is 0 Å². The number of benzene rings is 2. The van der Waals surface area contributed by atoms with Crippen LogP contribution < -0.4 is 4.90 Å². The standard InChI is InChI=1S/C32H39FN4O2/c1-25(2)23-35-17-7-19-36(31(38)15-12-26-9-4-3-5-10-26)24-28-21-29(33)13-14-30(28)37(20-8-18-35)32(39)27-11-6-16-34-22-27/h3-6,9-11,13-14,16,21-22,25H,7-8,12,15,17-20,23-24H2,1-2H3. The summed E-state index contributed by atoms with van der Waals surface area (Å²) >= 11 is 0. The van der Waals surface area contributed by atoms with Crippen molar-refractivity contribution in [3.8, 4) is 0 Å². The molecular formula is C32H39FN4O2. The molecule has 39 heavy (non-hydrogen) atoms. The van der Waals surface area contributed by atoms with Crippen LogP contribution in [0, 0.1) is 11.7 Å². The van der Waals surface area contributed by atoms with Gasteiger partial charge in [0.25, 0.3) is 5.91 Å². The Morgan fingerprint density at radius 2 is 1.72 bits per heavy atom. The number of nitrogens with zero attached hydrogens (tertiary/aromatic N) is 4. The van der Waals surface area contributed by atoms with E-state index in [9.17, 15) is 14.0 Å². The predicted molar refractivity (Wildman–Crippen MR) is 153 cm³/mol. The molecule has 7 heteroatoms. The SMILES string of the molecule is CC(C)CN1CCCN(C(=O)CCc2ccccc2)Cc2cc(F)ccc2N(C(=O)c2cccnc2)CCC1. The number of hydrogen-bond acceptors (Lipinski definition) is 4. The second-order valence-electron chi connectivity index (χ2n) is 10.7. The van der Waals surface area contributed by atoms with Crippen LogP contribution in [0.1, 0.15) is 54.6 Å². The quantitative estimate of drug-likeness (QED) is 0.418. The number of hydrogen-bond donors (Lipinski definition) is 0. The van der Waals surface area contributed by atoms with Crippen LogP contribution in [0.3, 0.4) is 0 Å². The van der Waals surface area contributed by atoms with Crippen molar-refractivity contribution in [2.45, 2.75) is 46.1 Å². The second-order valence-corrected chi connectivity index (χ2v) is 10.7. The molecular weight excluding hydrogens is 491 g/mol. The summed E-state index contributed by atoms with van der Waals surface area (Å²) in [6, 6.07) is 18.0. The van der Waals surface area contributed by atoms with Gasteiger partial charge in [-0.25, -0.2) is 4.39 Å². The van der Waals surface area contributed by atoms with Gasteiger partial charge in [0, 0.05) is 50.7 Å². The molecule has 0 unspecified atom stereocenters. The fourth-order valence-electron chi connectivity index (χ4n) is 5.22. The highest BCUT2D eigenvalue weighted by molar-refractivity contribution is 6.06. The lowest BCUT2D eigenvalue weighted by molar-refractivity contribution is -0.131. The zero-order valence-corrected chi connectivity index (χ0v) is 23.1. The molecule has 0 aliphatic carbocycles. The minimum Gasteiger partial charge on any atom is -0.338 e. The molecule has 0 bridgehead atoms. The minimum absolute atomic E-state index is 0.0340. The van der Waals surface area contributed by atoms with E-state index >= 15 is 0 Å². The Balaban J connectivity index is 1.65. The Morgan fingerprint density at radius 1 is 0.949 bits per heavy atom. The molecule has 0 spiro atoms. The van der Waals surface area contributed by atoms with E-state index in [1.54, 1.807) is 35.5 Å². The molecule has 3 aromatic rings. The Bertz CT molecular complexity index is 1220. The van der Waals surface area contributed by atoms with E-state index in [0.29, 0.717) is 48.7 Å². The maximum absolute atomic E-state index is 14.6. The third-order valence-electron chi connectivity index (χ3n) is 7.05. The van der Waals surface area contributed by atoms with Gasteiger partial charge in [-0.05, 0) is 79.7 Å². The van der Waals surface area contributed by atoms with Gasteiger partial charge in [0.1, 0.15) is 5.82 Å². The summed E-state index contributed by atoms with van der Waals surface area (Å²) in [4.78, 5) is 37.3. The number of fused-ring (bicyclic) bond motifs is 1. The number of amides is 2. The second kappa shape index (κ2) is 14.0. The van der Waals surface area contributed by atoms with Crippen molar-refractivity contribution in [2.24, 2.45) is 5.92 Å². The molecule has 1 aliphatic rings. The number of halogens is 1. The number of carbonyl (C=O) groups excluding carboxylic acids is 2. The van der Waals surface area contributed by atoms with Gasteiger partial charge in [0.15, 0.2) is 0 Å². The van der Waals surface area contributed by atoms with E-state index in [1.807, 2.05) is 35.2 Å². The molecule has 6 nitrogen and oxygen atoms in total. The molecule has 2 amide bonds. The maximum atomic E-state index is 14.6. The summed E-state index contributed by atoms with van der Waals surface area (Å²) in [5.41, 5.74) is 2.87. The number of anilines is 1. The molecule has 4 rings (SSSR count). The van der Waals surface area contributed by atoms with Gasteiger partial charge in [0.05, 0.1) is 5.56 Å². The number of carbonyl (C=O) groups is 2. The van der Waals surface area contributed by atoms with E-state index in [2.05, 4.69) is 23.7 Å². The van der Waals surface area contributed by atoms with Crippen molar-refractivity contribution in [3.05, 3.63) is 95.6 Å². The summed E-state index contributed by atoms with van der Waals surface area (Å²) in [5, 5.41) is 0. The monoisotopic (exact) mass is 530 g/mol. The van der Waals surface area contributed by atoms with E-state index in [0.717, 1.165) is 38.0 Å². The van der Waals surface area contributed by atoms with Gasteiger partial charge in [-0.15, -0.1) is 0 Å². The van der Waals surface area contributed by atoms with Gasteiger partial charge in [-0.3, -0.25) is 14.6 Å². The van der Waals surface area contributed by atoms with Crippen LogP contribution in [-0.4, -0.2) is 59.3 Å². The molecule has 1 aromatic heterocycles. The first-order valence-electron chi connectivity index (χ1n) is 13.9. The number of aromatic nitrogens is 1. The molecule has 0 radical (unpaired) electrons. The Labute approximate surface area is 231 Å². The van der Waals surface area contributed by atoms with Gasteiger partial charge in [0.2, 0.25) is 5.91 Å². The van der Waals surface area contributed by atoms with E-state index in [4.69, 9.17) is 0 Å². The maximum Gasteiger partial charge on any atom is 0.259 e. The van der Waals surface area contributed by atoms with Crippen LogP contribution in [0.25, 0.3) is 0 Å². The Morgan fingerprint density at radius 3 is 2.44 bits per heavy atom. The molecule has 1 aliphatic heterocycles. The first kappa shape index (κ1) is 28.4. The summed E-state index contributed by atoms with van der Waals surface area (Å²) in [7, 11) is 0. The highest BCUT2D eigenvalue weighted by atomic mass is 19.1. The normalized spacial score (nSPS) is 15.4. The van der Waals surface area contributed by atoms with Gasteiger partial charge in [-0.2, -0.15) is 0 Å². The first-order valence-corrected chi connectivity index (χ1v) is 13.9. The van der Waals surface area contributed by atoms with Crippen molar-refractivity contribution < 1.29 is 14.0 Å². The highest BCUT2D eigenvalue weighted by Gasteiger charge is 2.24. The Kier molecular flexibility index (Phi) is 10.2. The molecule has 0 saturated heterocycles. The van der Waals surface area contributed by atoms with E-state index in [1.165, 1.54) is 12.1 Å². The zero-order valence-electron chi connectivity index (χ0n) is 23.1. The lowest BCUT2D eigenvalue weighted by atomic mass is 10.1. The average Bonchev–Trinajstić information content (AvgIpc) is 2.93. The molecule has 2 aromatic carbocycles. The van der Waals surface area contributed by atoms with Crippen LogP contribution in [0.5, 0.6) is 0 Å². The molecule has 0 atom stereocenters. The topological polar surface area (TPSA) is 56.8 Å². The minimum atomic E-state index is -0.380. The number of aryl methyl sites for hydroxylation is 1. The van der Waals surface area contributed by atoms with Crippen molar-refractivity contribution >= 4 is 17.5 Å². The summed E-state index contributed by atoms with van der Waals surface area (Å²) in [6.07, 6.45) is 5.85. The third kappa shape index (κ3) is 8.20. The molecule has 0 N–H and O–H groups in total. The summed E-state index contributed by atoms with van der Waals surface area (Å²) < 4.78 is 14.6. The summed E-state index contributed by atoms with van der Waals surface area (Å²) in [5.74, 6) is -0.00944. The number of rotatable bonds is 6. The van der Waals surface area contributed by atoms with E-state index < -0.39 is 0 Å². The van der Waals surface area contributed by atoms with Crippen molar-refractivity contribution in [3.63, 3.8) is 0 Å². The van der Waals surface area contributed by atoms with Crippen LogP contribution >= 0.6 is 0 Å². The van der Waals surface area contributed by atoms with Gasteiger partial charge >= 0.3 is 0 Å². The first-order chi connectivity index (χ1) is 18.9. The highest BCUT2D eigenvalue weighted by Crippen LogP contribution is 2.27. The van der Waals surface area contributed by atoms with Crippen molar-refractivity contribution in [2.75, 3.05) is 37.6 Å². The molecule has 2 heterocycles. The fourth-order valence-corrected chi connectivity index (χ4v) is 5.22. The average molecular weight is 531 g/mol. The smallest absolute Gasteiger partial charge is 0.259 e. The Hall–Kier alpha value is -3.58. The lowest BCUT2D eigenvalue weighted by Gasteiger charge is -2.32. The molecule has 206 valence electrons. The van der Waals surface area contributed by atoms with Crippen LogP contribution in [0.15, 0.2) is 73.1 Å². The van der Waals surface area contributed by atoms with Gasteiger partial charge < -0.3 is 14.7 Å². The summed E-state index contributed by atoms with van der Waals surface area (Å²) in [6.45, 7) is 8.40. The third-order valence-corrected chi connectivity index (χ3v) is 7.05. The lowest BCUT2D eigenvalue weighted by Crippen LogP contribution is -2.39. The molecule has 0 fully saturated rings. The largest absolute Gasteiger partial charge is 0.338 e. The van der Waals surface area contributed by atoms with Gasteiger partial charge in [-0.1, -0.05) is 44.2 Å². The van der Waals surface area contributed by atoms with Crippen molar-refractivity contribution in [1.82, 2.24) is 14.8 Å². The fraction of sp³-hybridized carbons (Fsp3) is 0.406. The number of pyridine rings is 1. The van der Waals surface area contributed by atoms with Crippen LogP contribution in [0.4, 0.5) is 10.1 Å². The predicted octanol–water partition coefficient (Wildman–Crippen LogP) is 5.58.